The Bertz CT molecular complexity index is 2290. The fraction of sp³-hybridized carbons (Fsp3) is 0.0870. The summed E-state index contributed by atoms with van der Waals surface area (Å²) in [6.07, 6.45) is 4.20. The molecule has 3 heteroatoms. The number of aryl methyl sites for hydroxylation is 4. The Morgan fingerprint density at radius 1 is 0.408 bits per heavy atom. The lowest BCUT2D eigenvalue weighted by molar-refractivity contribution is 1.45. The number of benzene rings is 6. The molecule has 0 aliphatic heterocycles. The van der Waals surface area contributed by atoms with Crippen LogP contribution in [0.4, 0.5) is 0 Å². The van der Waals surface area contributed by atoms with Crippen molar-refractivity contribution in [3.63, 3.8) is 0 Å². The third kappa shape index (κ3) is 6.26. The molecule has 1 aliphatic rings. The van der Waals surface area contributed by atoms with Crippen LogP contribution in [0.25, 0.3) is 55.7 Å². The van der Waals surface area contributed by atoms with E-state index in [-0.39, 0.29) is 0 Å². The molecule has 1 N–H and O–H groups in total. The number of rotatable bonds is 6. The van der Waals surface area contributed by atoms with E-state index in [4.69, 9.17) is 0 Å². The number of nitrogens with one attached hydrogen (secondary N) is 1. The van der Waals surface area contributed by atoms with Gasteiger partial charge in [0, 0.05) is 11.1 Å². The molecule has 7 rings (SSSR count). The molecular formula is C46H38N2S. The van der Waals surface area contributed by atoms with Gasteiger partial charge in [0.05, 0.1) is 5.71 Å². The Balaban J connectivity index is 1.45. The highest BCUT2D eigenvalue weighted by molar-refractivity contribution is 7.79. The van der Waals surface area contributed by atoms with Crippen molar-refractivity contribution in [3.05, 3.63) is 179 Å². The zero-order chi connectivity index (χ0) is 34.1. The van der Waals surface area contributed by atoms with Gasteiger partial charge in [-0.05, 0) is 96.1 Å². The predicted octanol–water partition coefficient (Wildman–Crippen LogP) is 12.4. The largest absolute Gasteiger partial charge is 0.298 e. The topological polar surface area (TPSA) is 36.2 Å². The van der Waals surface area contributed by atoms with Crippen molar-refractivity contribution in [1.82, 2.24) is 0 Å². The minimum atomic E-state index is 0.345. The second kappa shape index (κ2) is 13.5. The van der Waals surface area contributed by atoms with E-state index in [1.807, 2.05) is 0 Å². The van der Waals surface area contributed by atoms with Crippen LogP contribution >= 0.6 is 12.8 Å². The maximum absolute atomic E-state index is 9.67. The molecule has 0 spiro atoms. The molecule has 0 unspecified atom stereocenters. The summed E-state index contributed by atoms with van der Waals surface area (Å²) in [5.41, 5.74) is 18.4. The Kier molecular flexibility index (Phi) is 8.86. The van der Waals surface area contributed by atoms with Gasteiger partial charge in [0.15, 0.2) is 0 Å². The summed E-state index contributed by atoms with van der Waals surface area (Å²) in [5.74, 6) is 0. The fourth-order valence-corrected chi connectivity index (χ4v) is 6.91. The van der Waals surface area contributed by atoms with E-state index in [1.165, 1.54) is 22.3 Å². The fourth-order valence-electron chi connectivity index (χ4n) is 6.70. The summed E-state index contributed by atoms with van der Waals surface area (Å²) in [6.45, 7) is 8.44. The second-order valence-electron chi connectivity index (χ2n) is 12.9. The maximum atomic E-state index is 9.67. The second-order valence-corrected chi connectivity index (χ2v) is 13.1. The standard InChI is InChI=1S/C46H38N2S/c1-29-11-19-33(20-12-29)37-7-5-9-39(43(37)35-23-15-31(3)16-24-35)41-27-28-42(46(48-49)45(41)47)40-10-6-8-38(34-21-13-30(2)14-22-34)44(40)36-25-17-32(4)18-26-36/h5-28,47,49H,1-4H3/b47-45?,48-46-. The van der Waals surface area contributed by atoms with Crippen LogP contribution in [0.3, 0.4) is 0 Å². The van der Waals surface area contributed by atoms with E-state index in [2.05, 4.69) is 191 Å². The van der Waals surface area contributed by atoms with Gasteiger partial charge >= 0.3 is 0 Å². The summed E-state index contributed by atoms with van der Waals surface area (Å²) in [6, 6.07) is 47.5. The van der Waals surface area contributed by atoms with Crippen molar-refractivity contribution in [3.8, 4) is 44.5 Å². The van der Waals surface area contributed by atoms with E-state index in [0.29, 0.717) is 11.4 Å². The maximum Gasteiger partial charge on any atom is 0.104 e. The monoisotopic (exact) mass is 650 g/mol. The molecule has 6 aromatic carbocycles. The van der Waals surface area contributed by atoms with Crippen LogP contribution in [0.5, 0.6) is 0 Å². The Morgan fingerprint density at radius 2 is 0.735 bits per heavy atom. The molecule has 2 nitrogen and oxygen atoms in total. The van der Waals surface area contributed by atoms with Gasteiger partial charge in [-0.25, -0.2) is 4.40 Å². The highest BCUT2D eigenvalue weighted by Crippen LogP contribution is 2.43. The van der Waals surface area contributed by atoms with Crippen LogP contribution in [-0.2, 0) is 0 Å². The normalized spacial score (nSPS) is 13.7. The molecule has 0 amide bonds. The summed E-state index contributed by atoms with van der Waals surface area (Å²) in [5, 5.41) is 9.67. The van der Waals surface area contributed by atoms with Crippen molar-refractivity contribution in [1.29, 1.82) is 5.41 Å². The molecular weight excluding hydrogens is 613 g/mol. The van der Waals surface area contributed by atoms with Crippen molar-refractivity contribution in [2.24, 2.45) is 4.40 Å². The lowest BCUT2D eigenvalue weighted by Gasteiger charge is -2.24. The van der Waals surface area contributed by atoms with Gasteiger partial charge in [-0.2, -0.15) is 0 Å². The molecule has 0 atom stereocenters. The van der Waals surface area contributed by atoms with Gasteiger partial charge in [0.2, 0.25) is 0 Å². The number of hydrogen-bond donors (Lipinski definition) is 2. The summed E-state index contributed by atoms with van der Waals surface area (Å²) in [7, 11) is 0. The van der Waals surface area contributed by atoms with E-state index < -0.39 is 0 Å². The average Bonchev–Trinajstić information content (AvgIpc) is 3.12. The van der Waals surface area contributed by atoms with E-state index in [0.717, 1.165) is 66.8 Å². The molecule has 0 bridgehead atoms. The summed E-state index contributed by atoms with van der Waals surface area (Å²) >= 11 is 4.50. The molecule has 0 saturated heterocycles. The molecule has 0 radical (unpaired) electrons. The molecule has 0 heterocycles. The average molecular weight is 651 g/mol. The van der Waals surface area contributed by atoms with Crippen molar-refractivity contribution in [2.45, 2.75) is 27.7 Å². The summed E-state index contributed by atoms with van der Waals surface area (Å²) in [4.78, 5) is 0. The molecule has 49 heavy (non-hydrogen) atoms. The third-order valence-electron chi connectivity index (χ3n) is 9.39. The van der Waals surface area contributed by atoms with Gasteiger partial charge in [-0.3, -0.25) is 5.41 Å². The predicted molar refractivity (Wildman–Crippen MR) is 214 cm³/mol. The SMILES string of the molecule is Cc1ccc(-c2cccc(C3=CC=C(c4cccc(-c5ccc(C)cc5)c4-c4ccc(C)cc4)/C(=N/S)C3=N)c2-c2ccc(C)cc2)cc1. The quantitative estimate of drug-likeness (QED) is 0.133. The van der Waals surface area contributed by atoms with Gasteiger partial charge in [0.1, 0.15) is 5.71 Å². The number of thiol groups is 1. The lowest BCUT2D eigenvalue weighted by Crippen LogP contribution is -2.20. The molecule has 0 fully saturated rings. The van der Waals surface area contributed by atoms with Crippen LogP contribution in [-0.4, -0.2) is 11.4 Å². The lowest BCUT2D eigenvalue weighted by atomic mass is 9.79. The number of hydrogen-bond acceptors (Lipinski definition) is 3. The van der Waals surface area contributed by atoms with Gasteiger partial charge in [-0.1, -0.05) is 168 Å². The zero-order valence-corrected chi connectivity index (χ0v) is 29.1. The molecule has 0 aromatic heterocycles. The molecule has 238 valence electrons. The highest BCUT2D eigenvalue weighted by Gasteiger charge is 2.28. The third-order valence-corrected chi connectivity index (χ3v) is 9.59. The number of nitrogens with zero attached hydrogens (tertiary/aromatic N) is 1. The van der Waals surface area contributed by atoms with E-state index >= 15 is 0 Å². The summed E-state index contributed by atoms with van der Waals surface area (Å²) < 4.78 is 4.51. The van der Waals surface area contributed by atoms with E-state index in [1.54, 1.807) is 0 Å². The number of allylic oxidation sites excluding steroid dienone is 4. The van der Waals surface area contributed by atoms with Crippen LogP contribution in [0.2, 0.25) is 0 Å². The van der Waals surface area contributed by atoms with Crippen LogP contribution in [0.15, 0.2) is 150 Å². The first-order valence-corrected chi connectivity index (χ1v) is 17.0. The van der Waals surface area contributed by atoms with Crippen molar-refractivity contribution < 1.29 is 0 Å². The minimum absolute atomic E-state index is 0.345. The molecule has 6 aromatic rings. The van der Waals surface area contributed by atoms with Crippen LogP contribution in [0.1, 0.15) is 33.4 Å². The van der Waals surface area contributed by atoms with Crippen LogP contribution < -0.4 is 0 Å². The van der Waals surface area contributed by atoms with Gasteiger partial charge in [-0.15, -0.1) is 0 Å². The first kappa shape index (κ1) is 32.1. The van der Waals surface area contributed by atoms with E-state index in [9.17, 15) is 5.41 Å². The first-order valence-electron chi connectivity index (χ1n) is 16.6. The Labute approximate surface area is 295 Å². The first-order chi connectivity index (χ1) is 23.8. The Morgan fingerprint density at radius 3 is 1.12 bits per heavy atom. The molecule has 0 saturated carbocycles. The van der Waals surface area contributed by atoms with Gasteiger partial charge < -0.3 is 0 Å². The van der Waals surface area contributed by atoms with Gasteiger partial charge in [0.25, 0.3) is 0 Å². The van der Waals surface area contributed by atoms with Crippen molar-refractivity contribution >= 4 is 35.4 Å². The Hall–Kier alpha value is -5.51. The minimum Gasteiger partial charge on any atom is -0.298 e. The zero-order valence-electron chi connectivity index (χ0n) is 28.3. The smallest absolute Gasteiger partial charge is 0.104 e. The molecule has 1 aliphatic carbocycles. The van der Waals surface area contributed by atoms with Crippen molar-refractivity contribution in [2.75, 3.05) is 0 Å². The van der Waals surface area contributed by atoms with Crippen LogP contribution in [0, 0.1) is 33.1 Å². The highest BCUT2D eigenvalue weighted by atomic mass is 32.1.